The van der Waals surface area contributed by atoms with E-state index in [0.29, 0.717) is 6.42 Å². The maximum absolute atomic E-state index is 14.4. The molecule has 4 rings (SSSR count). The molecule has 3 aliphatic rings. The summed E-state index contributed by atoms with van der Waals surface area (Å²) in [6.07, 6.45) is -6.10. The van der Waals surface area contributed by atoms with Crippen molar-refractivity contribution >= 4 is 35.6 Å². The summed E-state index contributed by atoms with van der Waals surface area (Å²) in [7, 11) is 0. The molecule has 2 aliphatic carbocycles. The zero-order valence-corrected chi connectivity index (χ0v) is 29.7. The SMILES string of the molecule is CCC(C)C(=O)C[C@]12[C@@H](OC(=O)c3ccoc3)[C@H](OC(=O)C(C)C)[C@@H]3[C@@H](OC(C)=O)[C@]1(OC3(C)C)[C@@](C)(O)C[C@H](OC(C)=O)[C@@H]2OC(C)=O. The number of carbonyl (C=O) groups is 6. The predicted octanol–water partition coefficient (Wildman–Crippen LogP) is 3.49. The van der Waals surface area contributed by atoms with Gasteiger partial charge in [-0.05, 0) is 33.3 Å². The zero-order valence-electron chi connectivity index (χ0n) is 29.7. The summed E-state index contributed by atoms with van der Waals surface area (Å²) >= 11 is 0. The van der Waals surface area contributed by atoms with Gasteiger partial charge in [0.15, 0.2) is 12.2 Å². The summed E-state index contributed by atoms with van der Waals surface area (Å²) in [5, 5.41) is 12.7. The first kappa shape index (κ1) is 38.0. The van der Waals surface area contributed by atoms with Crippen LogP contribution in [0.25, 0.3) is 0 Å². The van der Waals surface area contributed by atoms with Crippen LogP contribution in [0.2, 0.25) is 0 Å². The number of hydrogen-bond donors (Lipinski definition) is 1. The van der Waals surface area contributed by atoms with Gasteiger partial charge in [-0.3, -0.25) is 24.0 Å². The molecule has 1 spiro atoms. The van der Waals surface area contributed by atoms with Crippen molar-refractivity contribution in [3.8, 4) is 0 Å². The molecule has 2 heterocycles. The molecule has 14 heteroatoms. The van der Waals surface area contributed by atoms with Crippen molar-refractivity contribution in [1.82, 2.24) is 0 Å². The van der Waals surface area contributed by atoms with Crippen LogP contribution in [-0.4, -0.2) is 88.1 Å². The van der Waals surface area contributed by atoms with E-state index in [9.17, 15) is 33.9 Å². The van der Waals surface area contributed by atoms with E-state index in [0.717, 1.165) is 27.0 Å². The molecule has 1 unspecified atom stereocenters. The fourth-order valence-electron chi connectivity index (χ4n) is 8.23. The lowest BCUT2D eigenvalue weighted by atomic mass is 9.44. The Balaban J connectivity index is 2.22. The van der Waals surface area contributed by atoms with Gasteiger partial charge in [-0.25, -0.2) is 4.79 Å². The van der Waals surface area contributed by atoms with Crippen LogP contribution in [0.1, 0.15) is 98.9 Å². The zero-order chi connectivity index (χ0) is 36.9. The van der Waals surface area contributed by atoms with Gasteiger partial charge in [-0.15, -0.1) is 0 Å². The lowest BCUT2D eigenvalue weighted by Gasteiger charge is -2.67. The second kappa shape index (κ2) is 13.5. The Kier molecular flexibility index (Phi) is 10.5. The number of ether oxygens (including phenoxy) is 6. The molecule has 3 fully saturated rings. The molecular formula is C35H48O14. The van der Waals surface area contributed by atoms with Gasteiger partial charge in [0.25, 0.3) is 0 Å². The Morgan fingerprint density at radius 3 is 1.98 bits per heavy atom. The summed E-state index contributed by atoms with van der Waals surface area (Å²) < 4.78 is 42.3. The van der Waals surface area contributed by atoms with Crippen LogP contribution in [0.4, 0.5) is 0 Å². The first-order chi connectivity index (χ1) is 22.7. The van der Waals surface area contributed by atoms with E-state index >= 15 is 0 Å². The van der Waals surface area contributed by atoms with E-state index in [-0.39, 0.29) is 5.56 Å². The molecule has 49 heavy (non-hydrogen) atoms. The van der Waals surface area contributed by atoms with Crippen molar-refractivity contribution < 1.29 is 66.7 Å². The number of furan rings is 1. The van der Waals surface area contributed by atoms with Gasteiger partial charge in [0, 0.05) is 39.5 Å². The van der Waals surface area contributed by atoms with Crippen molar-refractivity contribution in [2.24, 2.45) is 23.2 Å². The summed E-state index contributed by atoms with van der Waals surface area (Å²) in [6, 6.07) is 1.34. The molecule has 2 saturated carbocycles. The number of fused-ring (bicyclic) bond motifs is 1. The van der Waals surface area contributed by atoms with Crippen LogP contribution >= 0.6 is 0 Å². The van der Waals surface area contributed by atoms with Gasteiger partial charge in [0.05, 0.1) is 40.3 Å². The van der Waals surface area contributed by atoms with Crippen molar-refractivity contribution in [2.45, 2.75) is 136 Å². The third kappa shape index (κ3) is 6.37. The normalized spacial score (nSPS) is 35.0. The minimum absolute atomic E-state index is 0.0378. The first-order valence-electron chi connectivity index (χ1n) is 16.6. The van der Waals surface area contributed by atoms with Crippen LogP contribution < -0.4 is 0 Å². The Bertz CT molecular complexity index is 1460. The molecule has 0 radical (unpaired) electrons. The van der Waals surface area contributed by atoms with Gasteiger partial charge in [0.1, 0.15) is 36.0 Å². The van der Waals surface area contributed by atoms with Gasteiger partial charge >= 0.3 is 29.8 Å². The van der Waals surface area contributed by atoms with Crippen LogP contribution in [0.3, 0.4) is 0 Å². The summed E-state index contributed by atoms with van der Waals surface area (Å²) in [5.74, 6) is -7.00. The molecular weight excluding hydrogens is 644 g/mol. The highest BCUT2D eigenvalue weighted by molar-refractivity contribution is 5.89. The van der Waals surface area contributed by atoms with Crippen LogP contribution in [-0.2, 0) is 52.4 Å². The molecule has 1 N–H and O–H groups in total. The van der Waals surface area contributed by atoms with E-state index in [1.807, 2.05) is 0 Å². The molecule has 0 aromatic carbocycles. The highest BCUT2D eigenvalue weighted by Gasteiger charge is 2.88. The summed E-state index contributed by atoms with van der Waals surface area (Å²) in [6.45, 7) is 14.7. The number of aliphatic hydroxyl groups is 1. The van der Waals surface area contributed by atoms with Gasteiger partial charge in [0.2, 0.25) is 0 Å². The minimum atomic E-state index is -2.22. The van der Waals surface area contributed by atoms with E-state index in [1.54, 1.807) is 41.5 Å². The van der Waals surface area contributed by atoms with Gasteiger partial charge in [-0.2, -0.15) is 0 Å². The first-order valence-corrected chi connectivity index (χ1v) is 16.6. The molecule has 272 valence electrons. The smallest absolute Gasteiger partial charge is 0.341 e. The minimum Gasteiger partial charge on any atom is -0.472 e. The van der Waals surface area contributed by atoms with Crippen molar-refractivity contribution in [2.75, 3.05) is 0 Å². The number of ketones is 1. The Labute approximate surface area is 285 Å². The maximum atomic E-state index is 14.4. The van der Waals surface area contributed by atoms with Crippen LogP contribution in [0.15, 0.2) is 23.0 Å². The number of Topliss-reactive ketones (excluding diaryl/α,β-unsaturated/α-hetero) is 1. The van der Waals surface area contributed by atoms with Gasteiger partial charge in [-0.1, -0.05) is 27.7 Å². The Morgan fingerprint density at radius 2 is 1.47 bits per heavy atom. The maximum Gasteiger partial charge on any atom is 0.341 e. The van der Waals surface area contributed by atoms with E-state index in [2.05, 4.69) is 0 Å². The third-order valence-corrected chi connectivity index (χ3v) is 10.3. The fraction of sp³-hybridized carbons (Fsp3) is 0.714. The Hall–Kier alpha value is -3.78. The van der Waals surface area contributed by atoms with E-state index in [1.165, 1.54) is 19.3 Å². The monoisotopic (exact) mass is 692 g/mol. The van der Waals surface area contributed by atoms with Crippen molar-refractivity contribution in [3.63, 3.8) is 0 Å². The largest absolute Gasteiger partial charge is 0.472 e. The summed E-state index contributed by atoms with van der Waals surface area (Å²) in [5.41, 5.74) is -8.00. The number of hydrogen-bond acceptors (Lipinski definition) is 14. The molecule has 1 aromatic rings. The topological polar surface area (TPSA) is 191 Å². The van der Waals surface area contributed by atoms with Crippen LogP contribution in [0, 0.1) is 23.2 Å². The number of esters is 5. The van der Waals surface area contributed by atoms with Crippen molar-refractivity contribution in [1.29, 1.82) is 0 Å². The standard InChI is InChI=1S/C35H48O14/c1-11-18(4)23(39)14-34-27(45-20(6)37)24(44-19(5)36)15-33(10,42)35(34)28(46-21(7)38)25(32(8,9)49-35)26(47-30(40)17(2)3)29(34)48-31(41)22-12-13-43-16-22/h12-13,16-18,24-29,42H,11,14-15H2,1-10H3/t18?,24-,25+,26+,27-,28+,29-,33-,34-,35-/m0/s1. The average molecular weight is 693 g/mol. The molecule has 1 aromatic heterocycles. The van der Waals surface area contributed by atoms with Crippen molar-refractivity contribution in [3.05, 3.63) is 24.2 Å². The molecule has 2 bridgehead atoms. The third-order valence-electron chi connectivity index (χ3n) is 10.3. The van der Waals surface area contributed by atoms with E-state index < -0.39 is 119 Å². The van der Waals surface area contributed by atoms with E-state index in [4.69, 9.17) is 32.8 Å². The molecule has 14 nitrogen and oxygen atoms in total. The molecule has 1 saturated heterocycles. The molecule has 1 aliphatic heterocycles. The predicted molar refractivity (Wildman–Crippen MR) is 167 cm³/mol. The van der Waals surface area contributed by atoms with Crippen LogP contribution in [0.5, 0.6) is 0 Å². The lowest BCUT2D eigenvalue weighted by molar-refractivity contribution is -0.356. The summed E-state index contributed by atoms with van der Waals surface area (Å²) in [4.78, 5) is 80.4. The van der Waals surface area contributed by atoms with Gasteiger partial charge < -0.3 is 37.9 Å². The Morgan fingerprint density at radius 1 is 0.878 bits per heavy atom. The highest BCUT2D eigenvalue weighted by Crippen LogP contribution is 2.70. The second-order valence-electron chi connectivity index (χ2n) is 14.5. The number of rotatable bonds is 11. The molecule has 0 amide bonds. The average Bonchev–Trinajstić information content (AvgIpc) is 3.58. The molecule has 10 atom stereocenters. The highest BCUT2D eigenvalue weighted by atomic mass is 16.6. The quantitative estimate of drug-likeness (QED) is 0.262. The fourth-order valence-corrected chi connectivity index (χ4v) is 8.23. The second-order valence-corrected chi connectivity index (χ2v) is 14.5. The number of carbonyl (C=O) groups excluding carboxylic acids is 6. The lowest BCUT2D eigenvalue weighted by Crippen LogP contribution is -2.85.